The van der Waals surface area contributed by atoms with Gasteiger partial charge in [-0.3, -0.25) is 4.79 Å². The lowest BCUT2D eigenvalue weighted by atomic mass is 9.94. The number of halogens is 1. The highest BCUT2D eigenvalue weighted by atomic mass is 35.5. The van der Waals surface area contributed by atoms with Gasteiger partial charge < -0.3 is 10.1 Å². The summed E-state index contributed by atoms with van der Waals surface area (Å²) in [7, 11) is 0. The van der Waals surface area contributed by atoms with E-state index < -0.39 is 5.41 Å². The molecule has 1 N–H and O–H groups in total. The molecule has 0 saturated carbocycles. The molecular weight excluding hydrogens is 214 g/mol. The molecule has 1 rings (SSSR count). The van der Waals surface area contributed by atoms with Crippen LogP contribution in [-0.2, 0) is 9.53 Å². The summed E-state index contributed by atoms with van der Waals surface area (Å²) in [6.07, 6.45) is 2.24. The Morgan fingerprint density at radius 2 is 2.33 bits per heavy atom. The molecule has 0 aliphatic carbocycles. The standard InChI is InChI=1S/C11H20ClNO2/c1-11(2,8-12)10(14)13-6-9-4-3-5-15-7-9/h9H,3-8H2,1-2H3,(H,13,14). The average Bonchev–Trinajstić information content (AvgIpc) is 2.27. The van der Waals surface area contributed by atoms with Crippen molar-refractivity contribution in [3.05, 3.63) is 0 Å². The first kappa shape index (κ1) is 12.8. The average molecular weight is 234 g/mol. The molecule has 1 fully saturated rings. The summed E-state index contributed by atoms with van der Waals surface area (Å²) in [5, 5.41) is 2.94. The second-order valence-electron chi connectivity index (χ2n) is 4.81. The van der Waals surface area contributed by atoms with Crippen LogP contribution in [0.15, 0.2) is 0 Å². The van der Waals surface area contributed by atoms with Crippen LogP contribution in [0.5, 0.6) is 0 Å². The van der Waals surface area contributed by atoms with Crippen LogP contribution in [-0.4, -0.2) is 31.5 Å². The fourth-order valence-corrected chi connectivity index (χ4v) is 1.63. The van der Waals surface area contributed by atoms with Crippen LogP contribution in [0.3, 0.4) is 0 Å². The number of hydrogen-bond donors (Lipinski definition) is 1. The van der Waals surface area contributed by atoms with Crippen molar-refractivity contribution in [2.24, 2.45) is 11.3 Å². The minimum Gasteiger partial charge on any atom is -0.381 e. The van der Waals surface area contributed by atoms with E-state index in [0.717, 1.165) is 26.1 Å². The van der Waals surface area contributed by atoms with E-state index in [1.54, 1.807) is 0 Å². The lowest BCUT2D eigenvalue weighted by Crippen LogP contribution is -2.41. The summed E-state index contributed by atoms with van der Waals surface area (Å²) in [4.78, 5) is 11.7. The van der Waals surface area contributed by atoms with Gasteiger partial charge in [0.15, 0.2) is 0 Å². The molecule has 1 atom stereocenters. The van der Waals surface area contributed by atoms with Gasteiger partial charge in [-0.05, 0) is 32.6 Å². The molecule has 1 heterocycles. The SMILES string of the molecule is CC(C)(CCl)C(=O)NCC1CCCOC1. The third-order valence-electron chi connectivity index (χ3n) is 2.75. The van der Waals surface area contributed by atoms with E-state index in [2.05, 4.69) is 5.32 Å². The number of rotatable bonds is 4. The molecule has 0 spiro atoms. The number of hydrogen-bond acceptors (Lipinski definition) is 2. The van der Waals surface area contributed by atoms with Crippen LogP contribution in [0, 0.1) is 11.3 Å². The van der Waals surface area contributed by atoms with Crippen LogP contribution in [0.1, 0.15) is 26.7 Å². The zero-order valence-corrected chi connectivity index (χ0v) is 10.3. The van der Waals surface area contributed by atoms with E-state index in [1.807, 2.05) is 13.8 Å². The van der Waals surface area contributed by atoms with Gasteiger partial charge in [0.05, 0.1) is 12.0 Å². The maximum Gasteiger partial charge on any atom is 0.226 e. The Balaban J connectivity index is 2.26. The Morgan fingerprint density at radius 1 is 1.60 bits per heavy atom. The first-order valence-corrected chi connectivity index (χ1v) is 6.02. The summed E-state index contributed by atoms with van der Waals surface area (Å²) in [5.41, 5.74) is -0.475. The minimum absolute atomic E-state index is 0.0306. The van der Waals surface area contributed by atoms with Crippen molar-refractivity contribution >= 4 is 17.5 Å². The molecular formula is C11H20ClNO2. The molecule has 1 unspecified atom stereocenters. The molecule has 1 saturated heterocycles. The molecule has 0 radical (unpaired) electrons. The second-order valence-corrected chi connectivity index (χ2v) is 5.08. The lowest BCUT2D eigenvalue weighted by Gasteiger charge is -2.25. The van der Waals surface area contributed by atoms with Gasteiger partial charge in [-0.25, -0.2) is 0 Å². The van der Waals surface area contributed by atoms with Crippen LogP contribution < -0.4 is 5.32 Å². The fraction of sp³-hybridized carbons (Fsp3) is 0.909. The van der Waals surface area contributed by atoms with Crippen LogP contribution >= 0.6 is 11.6 Å². The molecule has 4 heteroatoms. The molecule has 1 aliphatic heterocycles. The van der Waals surface area contributed by atoms with E-state index in [0.29, 0.717) is 18.3 Å². The number of carbonyl (C=O) groups excluding carboxylic acids is 1. The maximum atomic E-state index is 11.7. The number of alkyl halides is 1. The van der Waals surface area contributed by atoms with Crippen molar-refractivity contribution in [2.75, 3.05) is 25.6 Å². The molecule has 3 nitrogen and oxygen atoms in total. The van der Waals surface area contributed by atoms with E-state index in [-0.39, 0.29) is 5.91 Å². The second kappa shape index (κ2) is 5.71. The maximum absolute atomic E-state index is 11.7. The lowest BCUT2D eigenvalue weighted by molar-refractivity contribution is -0.128. The Morgan fingerprint density at radius 3 is 2.87 bits per heavy atom. The summed E-state index contributed by atoms with van der Waals surface area (Å²) < 4.78 is 5.35. The third kappa shape index (κ3) is 3.99. The summed E-state index contributed by atoms with van der Waals surface area (Å²) >= 11 is 5.72. The number of ether oxygens (including phenoxy) is 1. The van der Waals surface area contributed by atoms with E-state index in [4.69, 9.17) is 16.3 Å². The van der Waals surface area contributed by atoms with Gasteiger partial charge >= 0.3 is 0 Å². The van der Waals surface area contributed by atoms with Gasteiger partial charge in [-0.2, -0.15) is 0 Å². The molecule has 0 aromatic heterocycles. The Hall–Kier alpha value is -0.280. The van der Waals surface area contributed by atoms with Crippen molar-refractivity contribution in [2.45, 2.75) is 26.7 Å². The van der Waals surface area contributed by atoms with Crippen molar-refractivity contribution in [1.29, 1.82) is 0 Å². The summed E-state index contributed by atoms with van der Waals surface area (Å²) in [6.45, 7) is 6.04. The normalized spacial score (nSPS) is 22.5. The first-order chi connectivity index (χ1) is 7.06. The predicted molar refractivity (Wildman–Crippen MR) is 61.1 cm³/mol. The van der Waals surface area contributed by atoms with Crippen LogP contribution in [0.2, 0.25) is 0 Å². The van der Waals surface area contributed by atoms with Crippen LogP contribution in [0.4, 0.5) is 0 Å². The van der Waals surface area contributed by atoms with Gasteiger partial charge in [0.25, 0.3) is 0 Å². The quantitative estimate of drug-likeness (QED) is 0.752. The topological polar surface area (TPSA) is 38.3 Å². The Bertz CT molecular complexity index is 213. The van der Waals surface area contributed by atoms with E-state index in [9.17, 15) is 4.79 Å². The van der Waals surface area contributed by atoms with Crippen molar-refractivity contribution in [1.82, 2.24) is 5.32 Å². The smallest absolute Gasteiger partial charge is 0.226 e. The monoisotopic (exact) mass is 233 g/mol. The third-order valence-corrected chi connectivity index (χ3v) is 3.42. The van der Waals surface area contributed by atoms with Crippen molar-refractivity contribution < 1.29 is 9.53 Å². The van der Waals surface area contributed by atoms with Crippen molar-refractivity contribution in [3.8, 4) is 0 Å². The van der Waals surface area contributed by atoms with Gasteiger partial charge in [-0.1, -0.05) is 0 Å². The van der Waals surface area contributed by atoms with Crippen molar-refractivity contribution in [3.63, 3.8) is 0 Å². The molecule has 88 valence electrons. The molecule has 1 amide bonds. The predicted octanol–water partition coefficient (Wildman–Crippen LogP) is 1.79. The highest BCUT2D eigenvalue weighted by Crippen LogP contribution is 2.18. The van der Waals surface area contributed by atoms with Gasteiger partial charge in [0, 0.05) is 19.0 Å². The van der Waals surface area contributed by atoms with Gasteiger partial charge in [-0.15, -0.1) is 11.6 Å². The van der Waals surface area contributed by atoms with E-state index >= 15 is 0 Å². The van der Waals surface area contributed by atoms with Crippen LogP contribution in [0.25, 0.3) is 0 Å². The minimum atomic E-state index is -0.475. The molecule has 0 aromatic carbocycles. The Labute approximate surface area is 96.5 Å². The van der Waals surface area contributed by atoms with E-state index in [1.165, 1.54) is 0 Å². The summed E-state index contributed by atoms with van der Waals surface area (Å²) in [6, 6.07) is 0. The molecule has 0 aromatic rings. The largest absolute Gasteiger partial charge is 0.381 e. The number of nitrogens with one attached hydrogen (secondary N) is 1. The molecule has 1 aliphatic rings. The first-order valence-electron chi connectivity index (χ1n) is 5.48. The molecule has 15 heavy (non-hydrogen) atoms. The zero-order valence-electron chi connectivity index (χ0n) is 9.51. The fourth-order valence-electron chi connectivity index (χ4n) is 1.51. The van der Waals surface area contributed by atoms with Gasteiger partial charge in [0.1, 0.15) is 0 Å². The Kier molecular flexibility index (Phi) is 4.87. The number of carbonyl (C=O) groups is 1. The highest BCUT2D eigenvalue weighted by Gasteiger charge is 2.27. The zero-order chi connectivity index (χ0) is 11.3. The number of amides is 1. The summed E-state index contributed by atoms with van der Waals surface area (Å²) in [5.74, 6) is 0.844. The van der Waals surface area contributed by atoms with Gasteiger partial charge in [0.2, 0.25) is 5.91 Å². The molecule has 0 bridgehead atoms. The highest BCUT2D eigenvalue weighted by molar-refractivity contribution is 6.19.